The summed E-state index contributed by atoms with van der Waals surface area (Å²) in [6.45, 7) is 1.73. The Kier molecular flexibility index (Phi) is 5.54. The summed E-state index contributed by atoms with van der Waals surface area (Å²) in [6, 6.07) is 3.91. The number of hydrazine groups is 1. The Labute approximate surface area is 181 Å². The monoisotopic (exact) mass is 429 g/mol. The topological polar surface area (TPSA) is 45.6 Å². The summed E-state index contributed by atoms with van der Waals surface area (Å²) in [5.74, 6) is 0. The quantitative estimate of drug-likeness (QED) is 0.747. The van der Waals surface area contributed by atoms with Crippen LogP contribution in [0.1, 0.15) is 43.2 Å². The van der Waals surface area contributed by atoms with Crippen molar-refractivity contribution in [2.24, 2.45) is 7.05 Å². The zero-order chi connectivity index (χ0) is 21.5. The molecule has 0 amide bonds. The molecule has 2 atom stereocenters. The number of anilines is 1. The van der Waals surface area contributed by atoms with Crippen LogP contribution in [0.3, 0.4) is 0 Å². The van der Waals surface area contributed by atoms with E-state index in [1.165, 1.54) is 5.57 Å². The molecule has 2 aromatic rings. The van der Waals surface area contributed by atoms with Crippen molar-refractivity contribution >= 4 is 5.69 Å². The second-order valence-corrected chi connectivity index (χ2v) is 8.70. The molecule has 1 aromatic heterocycles. The Balaban J connectivity index is 1.51. The Morgan fingerprint density at radius 1 is 1.19 bits per heavy atom. The van der Waals surface area contributed by atoms with Gasteiger partial charge in [-0.3, -0.25) is 9.52 Å². The van der Waals surface area contributed by atoms with Gasteiger partial charge in [0.15, 0.2) is 0 Å². The molecule has 3 heterocycles. The van der Waals surface area contributed by atoms with Gasteiger partial charge in [0.25, 0.3) is 6.43 Å². The fourth-order valence-electron chi connectivity index (χ4n) is 5.15. The van der Waals surface area contributed by atoms with Gasteiger partial charge in [-0.1, -0.05) is 6.08 Å². The van der Waals surface area contributed by atoms with Gasteiger partial charge in [0.05, 0.1) is 6.20 Å². The minimum atomic E-state index is -2.53. The molecule has 1 N–H and O–H groups in total. The zero-order valence-corrected chi connectivity index (χ0v) is 18.0. The number of benzene rings is 1. The Morgan fingerprint density at radius 3 is 2.84 bits per heavy atom. The summed E-state index contributed by atoms with van der Waals surface area (Å²) in [6.07, 6.45) is 8.12. The van der Waals surface area contributed by atoms with Crippen LogP contribution in [0.4, 0.5) is 14.5 Å². The van der Waals surface area contributed by atoms with E-state index in [0.717, 1.165) is 62.0 Å². The lowest BCUT2D eigenvalue weighted by Gasteiger charge is -2.40. The molecule has 0 bridgehead atoms. The maximum atomic E-state index is 14.1. The summed E-state index contributed by atoms with van der Waals surface area (Å²) in [7, 11) is 3.70. The van der Waals surface area contributed by atoms with Gasteiger partial charge in [-0.25, -0.2) is 14.2 Å². The molecule has 0 radical (unpaired) electrons. The summed E-state index contributed by atoms with van der Waals surface area (Å²) in [5.41, 5.74) is 8.06. The predicted molar refractivity (Wildman–Crippen MR) is 116 cm³/mol. The molecule has 5 rings (SSSR count). The van der Waals surface area contributed by atoms with Gasteiger partial charge in [0, 0.05) is 56.2 Å². The number of aromatic nitrogens is 2. The highest BCUT2D eigenvalue weighted by molar-refractivity contribution is 5.73. The third-order valence-corrected chi connectivity index (χ3v) is 6.63. The van der Waals surface area contributed by atoms with Crippen LogP contribution in [0.25, 0.3) is 11.1 Å². The Hall–Kier alpha value is -2.29. The van der Waals surface area contributed by atoms with Crippen molar-refractivity contribution < 1.29 is 13.6 Å². The number of hydroxylamine groups is 1. The lowest BCUT2D eigenvalue weighted by molar-refractivity contribution is -0.198. The predicted octanol–water partition coefficient (Wildman–Crippen LogP) is 4.01. The van der Waals surface area contributed by atoms with Crippen molar-refractivity contribution in [2.75, 3.05) is 25.0 Å². The minimum absolute atomic E-state index is 0.0867. The van der Waals surface area contributed by atoms with E-state index in [-0.39, 0.29) is 17.7 Å². The van der Waals surface area contributed by atoms with Crippen molar-refractivity contribution in [1.82, 2.24) is 20.4 Å². The van der Waals surface area contributed by atoms with E-state index in [1.807, 2.05) is 13.1 Å². The minimum Gasteiger partial charge on any atom is -0.365 e. The van der Waals surface area contributed by atoms with E-state index in [0.29, 0.717) is 5.56 Å². The molecule has 6 nitrogen and oxygen atoms in total. The highest BCUT2D eigenvalue weighted by Gasteiger charge is 2.32. The van der Waals surface area contributed by atoms with Gasteiger partial charge in [-0.05, 0) is 60.9 Å². The van der Waals surface area contributed by atoms with Gasteiger partial charge >= 0.3 is 0 Å². The first-order chi connectivity index (χ1) is 15.0. The van der Waals surface area contributed by atoms with Crippen molar-refractivity contribution in [1.29, 1.82) is 0 Å². The molecule has 1 aromatic carbocycles. The summed E-state index contributed by atoms with van der Waals surface area (Å²) in [4.78, 5) is 8.30. The van der Waals surface area contributed by atoms with Crippen molar-refractivity contribution in [3.8, 4) is 11.1 Å². The number of alkyl halides is 2. The maximum absolute atomic E-state index is 14.1. The largest absolute Gasteiger partial charge is 0.365 e. The molecule has 166 valence electrons. The SMILES string of the molecule is CN1NCCC2=CC(N3CCCc4cc(-c5cnn(C)c5)c(C(F)F)cc43)CCC2O1. The summed E-state index contributed by atoms with van der Waals surface area (Å²) < 4.78 is 29.8. The van der Waals surface area contributed by atoms with Crippen LogP contribution in [0.5, 0.6) is 0 Å². The normalized spacial score (nSPS) is 24.5. The fourth-order valence-corrected chi connectivity index (χ4v) is 5.15. The number of hydrogen-bond acceptors (Lipinski definition) is 5. The molecule has 2 aliphatic heterocycles. The molecule has 1 fully saturated rings. The first-order valence-corrected chi connectivity index (χ1v) is 11.0. The van der Waals surface area contributed by atoms with Gasteiger partial charge in [0.2, 0.25) is 0 Å². The molecule has 2 unspecified atom stereocenters. The molecule has 1 aliphatic carbocycles. The van der Waals surface area contributed by atoms with Crippen LogP contribution in [0.15, 0.2) is 36.2 Å². The van der Waals surface area contributed by atoms with Crippen LogP contribution in [0, 0.1) is 0 Å². The molecular formula is C23H29F2N5O. The first-order valence-electron chi connectivity index (χ1n) is 11.0. The van der Waals surface area contributed by atoms with E-state index < -0.39 is 6.43 Å². The number of rotatable bonds is 3. The lowest BCUT2D eigenvalue weighted by Crippen LogP contribution is -2.42. The molecule has 1 saturated heterocycles. The average Bonchev–Trinajstić information content (AvgIpc) is 3.10. The van der Waals surface area contributed by atoms with Crippen LogP contribution < -0.4 is 10.3 Å². The van der Waals surface area contributed by atoms with Gasteiger partial charge < -0.3 is 4.90 Å². The van der Waals surface area contributed by atoms with Crippen molar-refractivity contribution in [3.05, 3.63) is 47.3 Å². The van der Waals surface area contributed by atoms with Crippen LogP contribution in [-0.4, -0.2) is 47.2 Å². The van der Waals surface area contributed by atoms with E-state index in [9.17, 15) is 8.78 Å². The van der Waals surface area contributed by atoms with E-state index >= 15 is 0 Å². The summed E-state index contributed by atoms with van der Waals surface area (Å²) >= 11 is 0. The van der Waals surface area contributed by atoms with Crippen molar-refractivity contribution in [3.63, 3.8) is 0 Å². The third kappa shape index (κ3) is 4.00. The molecule has 31 heavy (non-hydrogen) atoms. The summed E-state index contributed by atoms with van der Waals surface area (Å²) in [5, 5.41) is 5.88. The zero-order valence-electron chi connectivity index (χ0n) is 18.0. The van der Waals surface area contributed by atoms with E-state index in [2.05, 4.69) is 21.5 Å². The maximum Gasteiger partial charge on any atom is 0.264 e. The van der Waals surface area contributed by atoms with Gasteiger partial charge in [-0.15, -0.1) is 5.17 Å². The third-order valence-electron chi connectivity index (χ3n) is 6.63. The van der Waals surface area contributed by atoms with Gasteiger partial charge in [-0.2, -0.15) is 5.10 Å². The van der Waals surface area contributed by atoms with Crippen molar-refractivity contribution in [2.45, 2.75) is 50.7 Å². The second-order valence-electron chi connectivity index (χ2n) is 8.70. The number of hydrogen-bond donors (Lipinski definition) is 1. The standard InChI is InChI=1S/C23H29F2N5O/c1-28-14-17(13-27-28)19-11-15-4-3-9-30(21(15)12-20(19)23(24)25)18-5-6-22-16(10-18)7-8-26-29(2)31-22/h10-14,18,22-23,26H,3-9H2,1-2H3. The Morgan fingerprint density at radius 2 is 2.06 bits per heavy atom. The number of nitrogens with one attached hydrogen (secondary N) is 1. The average molecular weight is 430 g/mol. The lowest BCUT2D eigenvalue weighted by atomic mass is 9.87. The molecule has 8 heteroatoms. The second kappa shape index (κ2) is 8.33. The smallest absolute Gasteiger partial charge is 0.264 e. The number of fused-ring (bicyclic) bond motifs is 2. The highest BCUT2D eigenvalue weighted by Crippen LogP contribution is 2.41. The molecular weight excluding hydrogens is 400 g/mol. The van der Waals surface area contributed by atoms with E-state index in [1.54, 1.807) is 35.4 Å². The first kappa shape index (κ1) is 20.6. The molecule has 0 saturated carbocycles. The molecule has 3 aliphatic rings. The van der Waals surface area contributed by atoms with Crippen LogP contribution in [0.2, 0.25) is 0 Å². The van der Waals surface area contributed by atoms with Crippen LogP contribution in [-0.2, 0) is 18.3 Å². The Bertz CT molecular complexity index is 988. The number of aryl methyl sites for hydroxylation is 2. The number of halogens is 2. The molecule has 0 spiro atoms. The van der Waals surface area contributed by atoms with Crippen LogP contribution >= 0.6 is 0 Å². The fraction of sp³-hybridized carbons (Fsp3) is 0.522. The van der Waals surface area contributed by atoms with Gasteiger partial charge in [0.1, 0.15) is 6.10 Å². The number of nitrogens with zero attached hydrogens (tertiary/aromatic N) is 4. The highest BCUT2D eigenvalue weighted by atomic mass is 19.3. The van der Waals surface area contributed by atoms with E-state index in [4.69, 9.17) is 4.84 Å².